The Morgan fingerprint density at radius 2 is 1.85 bits per heavy atom. The van der Waals surface area contributed by atoms with Crippen molar-refractivity contribution < 1.29 is 13.2 Å². The zero-order valence-corrected chi connectivity index (χ0v) is 15.6. The van der Waals surface area contributed by atoms with Crippen LogP contribution in [0.1, 0.15) is 15.9 Å². The molecular weight excluding hydrogens is 399 g/mol. The first-order valence-electron chi connectivity index (χ1n) is 7.26. The van der Waals surface area contributed by atoms with E-state index < -0.39 is 10.0 Å². The Hall–Kier alpha value is -2.31. The lowest BCUT2D eigenvalue weighted by Crippen LogP contribution is -2.28. The van der Waals surface area contributed by atoms with Gasteiger partial charge in [0.2, 0.25) is 10.0 Å². The van der Waals surface area contributed by atoms with Gasteiger partial charge in [0.15, 0.2) is 0 Å². The number of sulfonamides is 1. The van der Waals surface area contributed by atoms with E-state index in [4.69, 9.17) is 33.6 Å². The standard InChI is InChI=1S/C16H14Cl2N4O3S/c17-13-3-1-10(8-14(13)18)16(23)22-6-5-21-15-4-2-12(26(20,24)25)7-11(15)9-19/h1-4,7-8,21H,5-6H2,(H,22,23)(H2,20,24,25). The third kappa shape index (κ3) is 5.09. The average molecular weight is 413 g/mol. The summed E-state index contributed by atoms with van der Waals surface area (Å²) in [7, 11) is -3.88. The highest BCUT2D eigenvalue weighted by Gasteiger charge is 2.12. The second-order valence-corrected chi connectivity index (χ2v) is 7.55. The molecule has 0 aliphatic rings. The van der Waals surface area contributed by atoms with Gasteiger partial charge in [0.25, 0.3) is 5.91 Å². The van der Waals surface area contributed by atoms with Crippen LogP contribution in [0, 0.1) is 11.3 Å². The maximum atomic E-state index is 12.0. The number of hydrogen-bond donors (Lipinski definition) is 3. The monoisotopic (exact) mass is 412 g/mol. The highest BCUT2D eigenvalue weighted by atomic mass is 35.5. The molecule has 2 aromatic carbocycles. The van der Waals surface area contributed by atoms with Crippen molar-refractivity contribution in [2.75, 3.05) is 18.4 Å². The van der Waals surface area contributed by atoms with E-state index in [0.29, 0.717) is 22.8 Å². The molecule has 0 spiro atoms. The molecular formula is C16H14Cl2N4O3S. The second kappa shape index (κ2) is 8.38. The SMILES string of the molecule is N#Cc1cc(S(N)(=O)=O)ccc1NCCNC(=O)c1ccc(Cl)c(Cl)c1. The molecule has 1 amide bonds. The van der Waals surface area contributed by atoms with Gasteiger partial charge < -0.3 is 10.6 Å². The maximum absolute atomic E-state index is 12.0. The van der Waals surface area contributed by atoms with E-state index in [1.807, 2.05) is 6.07 Å². The van der Waals surface area contributed by atoms with E-state index in [9.17, 15) is 13.2 Å². The fourth-order valence-corrected chi connectivity index (χ4v) is 2.90. The van der Waals surface area contributed by atoms with Gasteiger partial charge in [0.1, 0.15) is 6.07 Å². The van der Waals surface area contributed by atoms with Crippen LogP contribution < -0.4 is 15.8 Å². The smallest absolute Gasteiger partial charge is 0.251 e. The summed E-state index contributed by atoms with van der Waals surface area (Å²) in [6.07, 6.45) is 0. The van der Waals surface area contributed by atoms with Gasteiger partial charge in [-0.1, -0.05) is 23.2 Å². The number of nitrogens with two attached hydrogens (primary N) is 1. The van der Waals surface area contributed by atoms with Crippen molar-refractivity contribution in [2.24, 2.45) is 5.14 Å². The molecule has 2 aromatic rings. The summed E-state index contributed by atoms with van der Waals surface area (Å²) in [6, 6.07) is 10.4. The number of benzene rings is 2. The molecule has 0 atom stereocenters. The summed E-state index contributed by atoms with van der Waals surface area (Å²) in [4.78, 5) is 11.9. The van der Waals surface area contributed by atoms with Gasteiger partial charge in [-0.15, -0.1) is 0 Å². The first-order valence-corrected chi connectivity index (χ1v) is 9.56. The molecule has 7 nitrogen and oxygen atoms in total. The van der Waals surface area contributed by atoms with E-state index >= 15 is 0 Å². The third-order valence-electron chi connectivity index (χ3n) is 3.35. The van der Waals surface area contributed by atoms with E-state index in [1.54, 1.807) is 6.07 Å². The number of hydrogen-bond acceptors (Lipinski definition) is 5. The molecule has 0 aliphatic heterocycles. The Morgan fingerprint density at radius 1 is 1.12 bits per heavy atom. The highest BCUT2D eigenvalue weighted by molar-refractivity contribution is 7.89. The maximum Gasteiger partial charge on any atom is 0.251 e. The molecule has 0 radical (unpaired) electrons. The minimum Gasteiger partial charge on any atom is -0.382 e. The molecule has 0 saturated heterocycles. The lowest BCUT2D eigenvalue weighted by atomic mass is 10.2. The molecule has 0 unspecified atom stereocenters. The molecule has 0 fully saturated rings. The van der Waals surface area contributed by atoms with Crippen molar-refractivity contribution in [1.29, 1.82) is 5.26 Å². The average Bonchev–Trinajstić information content (AvgIpc) is 2.60. The fraction of sp³-hybridized carbons (Fsp3) is 0.125. The molecule has 0 saturated carbocycles. The predicted molar refractivity (Wildman–Crippen MR) is 99.8 cm³/mol. The zero-order valence-electron chi connectivity index (χ0n) is 13.3. The van der Waals surface area contributed by atoms with Crippen LogP contribution in [0.5, 0.6) is 0 Å². The number of amides is 1. The first-order chi connectivity index (χ1) is 12.2. The minimum atomic E-state index is -3.88. The summed E-state index contributed by atoms with van der Waals surface area (Å²) in [5, 5.41) is 20.4. The number of halogens is 2. The van der Waals surface area contributed by atoms with Gasteiger partial charge in [-0.3, -0.25) is 4.79 Å². The minimum absolute atomic E-state index is 0.132. The molecule has 136 valence electrons. The van der Waals surface area contributed by atoms with Crippen LogP contribution in [-0.4, -0.2) is 27.4 Å². The van der Waals surface area contributed by atoms with Gasteiger partial charge in [-0.25, -0.2) is 13.6 Å². The predicted octanol–water partition coefficient (Wildman–Crippen LogP) is 2.35. The van der Waals surface area contributed by atoms with E-state index in [-0.39, 0.29) is 27.9 Å². The van der Waals surface area contributed by atoms with Gasteiger partial charge in [0.05, 0.1) is 26.2 Å². The van der Waals surface area contributed by atoms with E-state index in [0.717, 1.165) is 0 Å². The van der Waals surface area contributed by atoms with Crippen LogP contribution in [0.2, 0.25) is 10.0 Å². The number of carbonyl (C=O) groups is 1. The van der Waals surface area contributed by atoms with Gasteiger partial charge in [-0.05, 0) is 36.4 Å². The van der Waals surface area contributed by atoms with Gasteiger partial charge in [-0.2, -0.15) is 5.26 Å². The number of carbonyl (C=O) groups excluding carboxylic acids is 1. The van der Waals surface area contributed by atoms with Crippen LogP contribution >= 0.6 is 23.2 Å². The number of primary sulfonamides is 1. The lowest BCUT2D eigenvalue weighted by molar-refractivity contribution is 0.0955. The van der Waals surface area contributed by atoms with Gasteiger partial charge >= 0.3 is 0 Å². The Labute approximate surface area is 160 Å². The van der Waals surface area contributed by atoms with Crippen LogP contribution in [0.4, 0.5) is 5.69 Å². The van der Waals surface area contributed by atoms with Crippen molar-refractivity contribution >= 4 is 44.8 Å². The number of nitriles is 1. The first kappa shape index (κ1) is 20.0. The molecule has 0 heterocycles. The molecule has 4 N–H and O–H groups in total. The van der Waals surface area contributed by atoms with Gasteiger partial charge in [0, 0.05) is 18.7 Å². The summed E-state index contributed by atoms with van der Waals surface area (Å²) in [6.45, 7) is 0.581. The number of rotatable bonds is 6. The van der Waals surface area contributed by atoms with Crippen LogP contribution in [0.15, 0.2) is 41.3 Å². The Bertz CT molecular complexity index is 987. The Morgan fingerprint density at radius 3 is 2.46 bits per heavy atom. The van der Waals surface area contributed by atoms with Crippen molar-refractivity contribution in [3.63, 3.8) is 0 Å². The molecule has 0 aliphatic carbocycles. The van der Waals surface area contributed by atoms with Crippen LogP contribution in [0.3, 0.4) is 0 Å². The van der Waals surface area contributed by atoms with Crippen molar-refractivity contribution in [3.8, 4) is 6.07 Å². The Balaban J connectivity index is 1.94. The van der Waals surface area contributed by atoms with E-state index in [1.165, 1.54) is 30.3 Å². The zero-order chi connectivity index (χ0) is 19.3. The quantitative estimate of drug-likeness (QED) is 0.627. The van der Waals surface area contributed by atoms with Crippen molar-refractivity contribution in [2.45, 2.75) is 4.90 Å². The van der Waals surface area contributed by atoms with Crippen molar-refractivity contribution in [1.82, 2.24) is 5.32 Å². The topological polar surface area (TPSA) is 125 Å². The normalized spacial score (nSPS) is 10.8. The summed E-state index contributed by atoms with van der Waals surface area (Å²) >= 11 is 11.7. The van der Waals surface area contributed by atoms with E-state index in [2.05, 4.69) is 10.6 Å². The molecule has 10 heteroatoms. The summed E-state index contributed by atoms with van der Waals surface area (Å²) in [5.74, 6) is -0.324. The third-order valence-corrected chi connectivity index (χ3v) is 5.00. The Kier molecular flexibility index (Phi) is 6.45. The molecule has 26 heavy (non-hydrogen) atoms. The molecule has 0 aromatic heterocycles. The summed E-state index contributed by atoms with van der Waals surface area (Å²) in [5.41, 5.74) is 0.936. The fourth-order valence-electron chi connectivity index (χ4n) is 2.06. The van der Waals surface area contributed by atoms with Crippen LogP contribution in [-0.2, 0) is 10.0 Å². The highest BCUT2D eigenvalue weighted by Crippen LogP contribution is 2.22. The number of nitrogens with one attached hydrogen (secondary N) is 2. The lowest BCUT2D eigenvalue weighted by Gasteiger charge is -2.10. The van der Waals surface area contributed by atoms with Crippen molar-refractivity contribution in [3.05, 3.63) is 57.6 Å². The second-order valence-electron chi connectivity index (χ2n) is 5.18. The number of nitrogens with zero attached hydrogens (tertiary/aromatic N) is 1. The number of anilines is 1. The molecule has 2 rings (SSSR count). The largest absolute Gasteiger partial charge is 0.382 e. The molecule has 0 bridgehead atoms. The van der Waals surface area contributed by atoms with Crippen LogP contribution in [0.25, 0.3) is 0 Å². The summed E-state index contributed by atoms with van der Waals surface area (Å²) < 4.78 is 22.6.